The first-order valence-corrected chi connectivity index (χ1v) is 9.06. The van der Waals surface area contributed by atoms with E-state index in [9.17, 15) is 22.8 Å². The smallest absolute Gasteiger partial charge is 0.376 e. The van der Waals surface area contributed by atoms with Crippen molar-refractivity contribution in [2.24, 2.45) is 0 Å². The maximum atomic E-state index is 12.8. The molecule has 5 nitrogen and oxygen atoms in total. The van der Waals surface area contributed by atoms with Gasteiger partial charge in [-0.3, -0.25) is 9.59 Å². The van der Waals surface area contributed by atoms with Gasteiger partial charge in [-0.1, -0.05) is 24.3 Å². The van der Waals surface area contributed by atoms with Crippen molar-refractivity contribution in [1.29, 1.82) is 0 Å². The molecule has 0 spiro atoms. The van der Waals surface area contributed by atoms with Crippen LogP contribution in [0, 0.1) is 0 Å². The molecule has 0 bridgehead atoms. The molecule has 8 heteroatoms. The Hall–Kier alpha value is -3.55. The van der Waals surface area contributed by atoms with Crippen LogP contribution in [0.25, 0.3) is 0 Å². The molecule has 0 aliphatic carbocycles. The van der Waals surface area contributed by atoms with Gasteiger partial charge in [0.2, 0.25) is 5.91 Å². The average Bonchev–Trinajstić information content (AvgIpc) is 2.71. The van der Waals surface area contributed by atoms with Gasteiger partial charge in [-0.05, 0) is 36.4 Å². The Labute approximate surface area is 172 Å². The summed E-state index contributed by atoms with van der Waals surface area (Å²) in [5.41, 5.74) is -0.0539. The van der Waals surface area contributed by atoms with E-state index >= 15 is 0 Å². The van der Waals surface area contributed by atoms with Gasteiger partial charge in [0, 0.05) is 30.0 Å². The molecular weight excluding hydrogens is 395 g/mol. The van der Waals surface area contributed by atoms with Crippen LogP contribution in [-0.2, 0) is 11.0 Å². The molecule has 30 heavy (non-hydrogen) atoms. The average molecular weight is 417 g/mol. The van der Waals surface area contributed by atoms with Crippen LogP contribution in [0.15, 0.2) is 73.8 Å². The Morgan fingerprint density at radius 1 is 0.967 bits per heavy atom. The summed E-state index contributed by atoms with van der Waals surface area (Å²) in [7, 11) is 0. The second kappa shape index (κ2) is 10.3. The number of carbonyl (C=O) groups is 2. The molecule has 0 fully saturated rings. The fraction of sp³-hybridized carbons (Fsp3) is 0.182. The van der Waals surface area contributed by atoms with E-state index in [1.54, 1.807) is 29.2 Å². The van der Waals surface area contributed by atoms with Crippen molar-refractivity contribution in [2.45, 2.75) is 6.18 Å². The largest absolute Gasteiger partial charge is 0.416 e. The number of rotatable bonds is 9. The van der Waals surface area contributed by atoms with E-state index in [0.29, 0.717) is 18.8 Å². The Balaban J connectivity index is 2.04. The summed E-state index contributed by atoms with van der Waals surface area (Å²) < 4.78 is 38.5. The Bertz CT molecular complexity index is 916. The first-order valence-electron chi connectivity index (χ1n) is 9.06. The molecule has 0 aliphatic rings. The van der Waals surface area contributed by atoms with Crippen LogP contribution in [-0.4, -0.2) is 36.3 Å². The fourth-order valence-corrected chi connectivity index (χ4v) is 2.63. The van der Waals surface area contributed by atoms with Crippen molar-refractivity contribution in [3.05, 3.63) is 85.0 Å². The lowest BCUT2D eigenvalue weighted by Gasteiger charge is -2.19. The third-order valence-electron chi connectivity index (χ3n) is 4.07. The molecular formula is C22H22F3N3O2. The minimum atomic E-state index is -4.50. The zero-order chi connectivity index (χ0) is 22.1. The Morgan fingerprint density at radius 3 is 2.23 bits per heavy atom. The summed E-state index contributed by atoms with van der Waals surface area (Å²) in [6.45, 7) is 7.99. The minimum Gasteiger partial charge on any atom is -0.376 e. The number of hydrogen-bond acceptors (Lipinski definition) is 3. The standard InChI is InChI=1S/C22H22F3N3O2/c1-3-11-28(12-4-2)20(29)15-26-18-9-5-7-16(13-18)21(30)27-19-10-6-8-17(14-19)22(23,24)25/h3-10,13-14,26H,1-2,11-12,15H2,(H,27,30). The lowest BCUT2D eigenvalue weighted by atomic mass is 10.1. The van der Waals surface area contributed by atoms with E-state index in [1.807, 2.05) is 0 Å². The number of benzene rings is 2. The van der Waals surface area contributed by atoms with Crippen molar-refractivity contribution < 1.29 is 22.8 Å². The van der Waals surface area contributed by atoms with Gasteiger partial charge >= 0.3 is 6.18 Å². The number of halogens is 3. The van der Waals surface area contributed by atoms with E-state index in [4.69, 9.17) is 0 Å². The molecule has 0 heterocycles. The highest BCUT2D eigenvalue weighted by atomic mass is 19.4. The van der Waals surface area contributed by atoms with Gasteiger partial charge in [0.1, 0.15) is 0 Å². The van der Waals surface area contributed by atoms with Crippen molar-refractivity contribution in [1.82, 2.24) is 4.90 Å². The number of carbonyl (C=O) groups excluding carboxylic acids is 2. The summed E-state index contributed by atoms with van der Waals surface area (Å²) in [6.07, 6.45) is -1.28. The van der Waals surface area contributed by atoms with Gasteiger partial charge in [0.05, 0.1) is 12.1 Å². The molecule has 0 unspecified atom stereocenters. The van der Waals surface area contributed by atoms with Crippen molar-refractivity contribution in [3.8, 4) is 0 Å². The Kier molecular flexibility index (Phi) is 7.80. The second-order valence-corrected chi connectivity index (χ2v) is 6.34. The maximum Gasteiger partial charge on any atom is 0.416 e. The molecule has 0 aliphatic heterocycles. The zero-order valence-corrected chi connectivity index (χ0v) is 16.2. The minimum absolute atomic E-state index is 0.000377. The molecule has 0 aromatic heterocycles. The highest BCUT2D eigenvalue weighted by Gasteiger charge is 2.30. The molecule has 2 rings (SSSR count). The molecule has 0 saturated carbocycles. The molecule has 158 valence electrons. The number of anilines is 2. The maximum absolute atomic E-state index is 12.8. The molecule has 0 saturated heterocycles. The van der Waals surface area contributed by atoms with Crippen LogP contribution in [0.3, 0.4) is 0 Å². The van der Waals surface area contributed by atoms with Gasteiger partial charge < -0.3 is 15.5 Å². The normalized spacial score (nSPS) is 10.8. The summed E-state index contributed by atoms with van der Waals surface area (Å²) in [5, 5.41) is 5.39. The van der Waals surface area contributed by atoms with E-state index < -0.39 is 17.6 Å². The topological polar surface area (TPSA) is 61.4 Å². The zero-order valence-electron chi connectivity index (χ0n) is 16.2. The molecule has 2 aromatic carbocycles. The van der Waals surface area contributed by atoms with Crippen molar-refractivity contribution >= 4 is 23.2 Å². The lowest BCUT2D eigenvalue weighted by Crippen LogP contribution is -2.35. The van der Waals surface area contributed by atoms with Crippen LogP contribution in [0.5, 0.6) is 0 Å². The molecule has 2 N–H and O–H groups in total. The third-order valence-corrected chi connectivity index (χ3v) is 4.07. The van der Waals surface area contributed by atoms with Gasteiger partial charge in [0.25, 0.3) is 5.91 Å². The number of nitrogens with one attached hydrogen (secondary N) is 2. The number of nitrogens with zero attached hydrogens (tertiary/aromatic N) is 1. The highest BCUT2D eigenvalue weighted by molar-refractivity contribution is 6.04. The second-order valence-electron chi connectivity index (χ2n) is 6.34. The third kappa shape index (κ3) is 6.51. The first kappa shape index (κ1) is 22.7. The SMILES string of the molecule is C=CCN(CC=C)C(=O)CNc1cccc(C(=O)Nc2cccc(C(F)(F)F)c2)c1. The number of amides is 2. The molecule has 0 radical (unpaired) electrons. The van der Waals surface area contributed by atoms with E-state index in [0.717, 1.165) is 12.1 Å². The predicted molar refractivity (Wildman–Crippen MR) is 111 cm³/mol. The van der Waals surface area contributed by atoms with Crippen LogP contribution >= 0.6 is 0 Å². The molecule has 0 atom stereocenters. The van der Waals surface area contributed by atoms with E-state index in [-0.39, 0.29) is 23.7 Å². The van der Waals surface area contributed by atoms with Crippen LogP contribution in [0.2, 0.25) is 0 Å². The van der Waals surface area contributed by atoms with Gasteiger partial charge in [-0.15, -0.1) is 13.2 Å². The van der Waals surface area contributed by atoms with Crippen LogP contribution in [0.1, 0.15) is 15.9 Å². The quantitative estimate of drug-likeness (QED) is 0.588. The summed E-state index contributed by atoms with van der Waals surface area (Å²) in [4.78, 5) is 26.2. The van der Waals surface area contributed by atoms with Gasteiger partial charge in [0.15, 0.2) is 0 Å². The molecule has 2 amide bonds. The van der Waals surface area contributed by atoms with E-state index in [1.165, 1.54) is 24.3 Å². The van der Waals surface area contributed by atoms with Crippen LogP contribution < -0.4 is 10.6 Å². The summed E-state index contributed by atoms with van der Waals surface area (Å²) in [5.74, 6) is -0.738. The predicted octanol–water partition coefficient (Wildman–Crippen LogP) is 4.57. The lowest BCUT2D eigenvalue weighted by molar-refractivity contribution is -0.137. The molecule has 2 aromatic rings. The first-order chi connectivity index (χ1) is 14.2. The number of alkyl halides is 3. The van der Waals surface area contributed by atoms with E-state index in [2.05, 4.69) is 23.8 Å². The van der Waals surface area contributed by atoms with Gasteiger partial charge in [-0.25, -0.2) is 0 Å². The summed E-state index contributed by atoms with van der Waals surface area (Å²) >= 11 is 0. The monoisotopic (exact) mass is 417 g/mol. The van der Waals surface area contributed by atoms with Gasteiger partial charge in [-0.2, -0.15) is 13.2 Å². The van der Waals surface area contributed by atoms with Crippen molar-refractivity contribution in [2.75, 3.05) is 30.3 Å². The number of hydrogen-bond donors (Lipinski definition) is 2. The summed E-state index contributed by atoms with van der Waals surface area (Å²) in [6, 6.07) is 10.7. The Morgan fingerprint density at radius 2 is 1.60 bits per heavy atom. The fourth-order valence-electron chi connectivity index (χ4n) is 2.63. The highest BCUT2D eigenvalue weighted by Crippen LogP contribution is 2.30. The van der Waals surface area contributed by atoms with Crippen molar-refractivity contribution in [3.63, 3.8) is 0 Å². The van der Waals surface area contributed by atoms with Crippen LogP contribution in [0.4, 0.5) is 24.5 Å².